The Labute approximate surface area is 133 Å². The number of benzene rings is 1. The number of hydrogen-bond donors (Lipinski definition) is 0. The summed E-state index contributed by atoms with van der Waals surface area (Å²) < 4.78 is 22.7. The Hall–Kier alpha value is -1.26. The third kappa shape index (κ3) is 5.18. The molecule has 1 saturated heterocycles. The van der Waals surface area contributed by atoms with Gasteiger partial charge in [-0.2, -0.15) is 0 Å². The van der Waals surface area contributed by atoms with E-state index in [1.807, 2.05) is 24.3 Å². The van der Waals surface area contributed by atoms with Gasteiger partial charge in [0.05, 0.1) is 18.8 Å². The Kier molecular flexibility index (Phi) is 7.00. The maximum Gasteiger partial charge on any atom is 0.122 e. The van der Waals surface area contributed by atoms with Crippen molar-refractivity contribution in [2.45, 2.75) is 44.6 Å². The van der Waals surface area contributed by atoms with Crippen molar-refractivity contribution in [1.82, 2.24) is 0 Å². The van der Waals surface area contributed by atoms with Gasteiger partial charge in [-0.15, -0.1) is 0 Å². The van der Waals surface area contributed by atoms with Gasteiger partial charge in [0.1, 0.15) is 11.5 Å². The Morgan fingerprint density at radius 2 is 1.77 bits per heavy atom. The van der Waals surface area contributed by atoms with Crippen LogP contribution < -0.4 is 9.47 Å². The lowest BCUT2D eigenvalue weighted by Gasteiger charge is -2.35. The highest BCUT2D eigenvalue weighted by atomic mass is 16.5. The molecular weight excluding hydrogens is 280 g/mol. The summed E-state index contributed by atoms with van der Waals surface area (Å²) in [5, 5.41) is 0. The minimum atomic E-state index is -0.0898. The van der Waals surface area contributed by atoms with Crippen molar-refractivity contribution in [3.8, 4) is 11.5 Å². The van der Waals surface area contributed by atoms with E-state index in [0.29, 0.717) is 6.61 Å². The first-order valence-electron chi connectivity index (χ1n) is 8.26. The summed E-state index contributed by atoms with van der Waals surface area (Å²) in [5.41, 5.74) is -0.0898. The van der Waals surface area contributed by atoms with Crippen LogP contribution in [0.4, 0.5) is 0 Å². The minimum absolute atomic E-state index is 0.0898. The van der Waals surface area contributed by atoms with Crippen LogP contribution in [-0.4, -0.2) is 39.1 Å². The molecule has 1 aromatic rings. The molecule has 1 aromatic carbocycles. The van der Waals surface area contributed by atoms with E-state index in [1.54, 1.807) is 7.11 Å². The molecular formula is C18H28O4. The van der Waals surface area contributed by atoms with E-state index < -0.39 is 0 Å². The fraction of sp³-hybridized carbons (Fsp3) is 0.667. The molecule has 0 radical (unpaired) electrons. The van der Waals surface area contributed by atoms with E-state index in [1.165, 1.54) is 0 Å². The fourth-order valence-corrected chi connectivity index (χ4v) is 2.64. The molecule has 0 aliphatic carbocycles. The summed E-state index contributed by atoms with van der Waals surface area (Å²) in [6, 6.07) is 7.87. The fourth-order valence-electron chi connectivity index (χ4n) is 2.64. The second kappa shape index (κ2) is 9.01. The van der Waals surface area contributed by atoms with Gasteiger partial charge < -0.3 is 18.9 Å². The van der Waals surface area contributed by atoms with E-state index in [9.17, 15) is 0 Å². The van der Waals surface area contributed by atoms with Crippen LogP contribution in [0.5, 0.6) is 11.5 Å². The molecule has 4 nitrogen and oxygen atoms in total. The van der Waals surface area contributed by atoms with Gasteiger partial charge in [-0.1, -0.05) is 19.4 Å². The molecule has 1 heterocycles. The van der Waals surface area contributed by atoms with Gasteiger partial charge in [0.2, 0.25) is 0 Å². The van der Waals surface area contributed by atoms with Crippen molar-refractivity contribution >= 4 is 0 Å². The Morgan fingerprint density at radius 3 is 2.41 bits per heavy atom. The minimum Gasteiger partial charge on any atom is -0.493 e. The maximum absolute atomic E-state index is 5.88. The molecule has 1 fully saturated rings. The predicted octanol–water partition coefficient (Wildman–Crippen LogP) is 3.83. The van der Waals surface area contributed by atoms with Gasteiger partial charge in [-0.25, -0.2) is 0 Å². The Balaban J connectivity index is 1.79. The average Bonchev–Trinajstić information content (AvgIpc) is 2.56. The van der Waals surface area contributed by atoms with Gasteiger partial charge in [-0.05, 0) is 31.4 Å². The van der Waals surface area contributed by atoms with Crippen molar-refractivity contribution in [1.29, 1.82) is 0 Å². The smallest absolute Gasteiger partial charge is 0.122 e. The van der Waals surface area contributed by atoms with Gasteiger partial charge >= 0.3 is 0 Å². The second-order valence-corrected chi connectivity index (χ2v) is 5.77. The molecule has 2 rings (SSSR count). The largest absolute Gasteiger partial charge is 0.493 e. The van der Waals surface area contributed by atoms with Gasteiger partial charge in [-0.3, -0.25) is 0 Å². The number of rotatable bonds is 9. The third-order valence-electron chi connectivity index (χ3n) is 4.24. The van der Waals surface area contributed by atoms with Crippen molar-refractivity contribution < 1.29 is 18.9 Å². The van der Waals surface area contributed by atoms with Crippen molar-refractivity contribution in [3.63, 3.8) is 0 Å². The second-order valence-electron chi connectivity index (χ2n) is 5.77. The van der Waals surface area contributed by atoms with Crippen molar-refractivity contribution in [3.05, 3.63) is 24.3 Å². The van der Waals surface area contributed by atoms with Gasteiger partial charge in [0.15, 0.2) is 0 Å². The first kappa shape index (κ1) is 17.1. The van der Waals surface area contributed by atoms with Crippen LogP contribution in [0, 0.1) is 0 Å². The highest BCUT2D eigenvalue weighted by molar-refractivity contribution is 5.32. The topological polar surface area (TPSA) is 36.9 Å². The molecule has 0 amide bonds. The molecule has 124 valence electrons. The zero-order chi connectivity index (χ0) is 15.7. The van der Waals surface area contributed by atoms with E-state index in [0.717, 1.165) is 63.4 Å². The molecule has 0 atom stereocenters. The molecule has 4 heteroatoms. The molecule has 0 bridgehead atoms. The van der Waals surface area contributed by atoms with Gasteiger partial charge in [0.25, 0.3) is 0 Å². The molecule has 0 aromatic heterocycles. The first-order valence-corrected chi connectivity index (χ1v) is 8.26. The van der Waals surface area contributed by atoms with Crippen LogP contribution in [0.2, 0.25) is 0 Å². The van der Waals surface area contributed by atoms with Crippen LogP contribution in [0.3, 0.4) is 0 Å². The van der Waals surface area contributed by atoms with E-state index in [4.69, 9.17) is 18.9 Å². The summed E-state index contributed by atoms with van der Waals surface area (Å²) in [7, 11) is 1.79. The number of unbranched alkanes of at least 4 members (excludes halogenated alkanes) is 1. The summed E-state index contributed by atoms with van der Waals surface area (Å²) >= 11 is 0. The molecule has 0 unspecified atom stereocenters. The monoisotopic (exact) mass is 308 g/mol. The lowest BCUT2D eigenvalue weighted by atomic mass is 9.91. The number of ether oxygens (including phenoxy) is 4. The quantitative estimate of drug-likeness (QED) is 0.650. The standard InChI is InChI=1S/C18H28O4/c1-3-4-11-21-16-6-5-7-17(15-16)22-14-10-18(19-2)8-12-20-13-9-18/h5-7,15H,3-4,8-14H2,1-2H3. The predicted molar refractivity (Wildman–Crippen MR) is 86.8 cm³/mol. The number of hydrogen-bond acceptors (Lipinski definition) is 4. The molecule has 0 spiro atoms. The Bertz CT molecular complexity index is 427. The van der Waals surface area contributed by atoms with Crippen LogP contribution >= 0.6 is 0 Å². The van der Waals surface area contributed by atoms with E-state index in [-0.39, 0.29) is 5.60 Å². The van der Waals surface area contributed by atoms with E-state index >= 15 is 0 Å². The molecule has 1 aliphatic heterocycles. The third-order valence-corrected chi connectivity index (χ3v) is 4.24. The van der Waals surface area contributed by atoms with Crippen LogP contribution in [-0.2, 0) is 9.47 Å². The summed E-state index contributed by atoms with van der Waals surface area (Å²) in [4.78, 5) is 0. The average molecular weight is 308 g/mol. The van der Waals surface area contributed by atoms with Crippen LogP contribution in [0.15, 0.2) is 24.3 Å². The van der Waals surface area contributed by atoms with Crippen molar-refractivity contribution in [2.75, 3.05) is 33.5 Å². The highest BCUT2D eigenvalue weighted by Gasteiger charge is 2.32. The molecule has 1 aliphatic rings. The van der Waals surface area contributed by atoms with E-state index in [2.05, 4.69) is 6.92 Å². The Morgan fingerprint density at radius 1 is 1.09 bits per heavy atom. The normalized spacial score (nSPS) is 17.2. The zero-order valence-electron chi connectivity index (χ0n) is 13.8. The lowest BCUT2D eigenvalue weighted by molar-refractivity contribution is -0.0983. The zero-order valence-corrected chi connectivity index (χ0v) is 13.8. The summed E-state index contributed by atoms with van der Waals surface area (Å²) in [5.74, 6) is 1.73. The van der Waals surface area contributed by atoms with Crippen molar-refractivity contribution in [2.24, 2.45) is 0 Å². The van der Waals surface area contributed by atoms with Crippen LogP contribution in [0.25, 0.3) is 0 Å². The van der Waals surface area contributed by atoms with Gasteiger partial charge in [0, 0.05) is 32.8 Å². The number of methoxy groups -OCH3 is 1. The van der Waals surface area contributed by atoms with Crippen LogP contribution in [0.1, 0.15) is 39.0 Å². The summed E-state index contributed by atoms with van der Waals surface area (Å²) in [6.07, 6.45) is 4.97. The summed E-state index contributed by atoms with van der Waals surface area (Å²) in [6.45, 7) is 5.10. The first-order chi connectivity index (χ1) is 10.8. The maximum atomic E-state index is 5.88. The lowest BCUT2D eigenvalue weighted by Crippen LogP contribution is -2.39. The molecule has 0 saturated carbocycles. The molecule has 22 heavy (non-hydrogen) atoms. The SMILES string of the molecule is CCCCOc1cccc(OCCC2(OC)CCOCC2)c1. The molecule has 0 N–H and O–H groups in total. The highest BCUT2D eigenvalue weighted by Crippen LogP contribution is 2.28.